The zero-order valence-corrected chi connectivity index (χ0v) is 26.4. The molecule has 220 valence electrons. The highest BCUT2D eigenvalue weighted by Crippen LogP contribution is 2.51. The second-order valence-corrected chi connectivity index (χ2v) is 12.6. The highest BCUT2D eigenvalue weighted by Gasteiger charge is 2.33. The molecule has 7 aromatic rings. The normalized spacial score (nSPS) is 13.8. The quantitative estimate of drug-likeness (QED) is 0.142. The molecule has 2 aromatic heterocycles. The summed E-state index contributed by atoms with van der Waals surface area (Å²) in [5.41, 5.74) is 11.2. The monoisotopic (exact) mass is 590 g/mol. The third-order valence-corrected chi connectivity index (χ3v) is 9.69. The summed E-state index contributed by atoms with van der Waals surface area (Å²) in [6.45, 7) is 10.7. The molecule has 0 N–H and O–H groups in total. The van der Waals surface area contributed by atoms with Crippen molar-refractivity contribution >= 4 is 37.9 Å². The van der Waals surface area contributed by atoms with Crippen molar-refractivity contribution in [1.29, 1.82) is 0 Å². The van der Waals surface area contributed by atoms with Gasteiger partial charge in [0.2, 0.25) is 0 Å². The Balaban J connectivity index is 1.33. The van der Waals surface area contributed by atoms with Crippen LogP contribution in [-0.4, -0.2) is 9.97 Å². The molecule has 8 rings (SSSR count). The number of benzene rings is 5. The van der Waals surface area contributed by atoms with Gasteiger partial charge in [0.15, 0.2) is 0 Å². The van der Waals surface area contributed by atoms with E-state index >= 15 is 0 Å². The van der Waals surface area contributed by atoms with E-state index in [2.05, 4.69) is 124 Å². The SMILES string of the molecule is C=C/C(=C\C=C/C)c1ccc(-c2ccc3c4c2ccc2ccc5c(-c6ccc(-c7ccccc7)cn6)ccc(c5c24)C3(C)C)nc1. The summed E-state index contributed by atoms with van der Waals surface area (Å²) in [5, 5.41) is 7.72. The Morgan fingerprint density at radius 1 is 0.630 bits per heavy atom. The maximum absolute atomic E-state index is 4.97. The molecule has 0 amide bonds. The van der Waals surface area contributed by atoms with Crippen LogP contribution in [0.4, 0.5) is 0 Å². The van der Waals surface area contributed by atoms with Crippen LogP contribution in [0.1, 0.15) is 37.5 Å². The van der Waals surface area contributed by atoms with Gasteiger partial charge in [-0.3, -0.25) is 9.97 Å². The first kappa shape index (κ1) is 27.9. The molecule has 5 aromatic carbocycles. The van der Waals surface area contributed by atoms with Gasteiger partial charge in [-0.15, -0.1) is 0 Å². The highest BCUT2D eigenvalue weighted by molar-refractivity contribution is 6.27. The van der Waals surface area contributed by atoms with E-state index in [-0.39, 0.29) is 5.41 Å². The van der Waals surface area contributed by atoms with E-state index in [0.29, 0.717) is 0 Å². The van der Waals surface area contributed by atoms with Gasteiger partial charge in [-0.2, -0.15) is 0 Å². The van der Waals surface area contributed by atoms with Crippen molar-refractivity contribution in [3.63, 3.8) is 0 Å². The number of aromatic nitrogens is 2. The summed E-state index contributed by atoms with van der Waals surface area (Å²) in [4.78, 5) is 9.93. The molecule has 2 nitrogen and oxygen atoms in total. The Hall–Kier alpha value is -5.60. The van der Waals surface area contributed by atoms with Gasteiger partial charge in [0.05, 0.1) is 11.4 Å². The number of rotatable bonds is 6. The molecule has 0 atom stereocenters. The van der Waals surface area contributed by atoms with Crippen LogP contribution in [0, 0.1) is 0 Å². The number of nitrogens with zero attached hydrogens (tertiary/aromatic N) is 2. The van der Waals surface area contributed by atoms with Gasteiger partial charge < -0.3 is 0 Å². The topological polar surface area (TPSA) is 25.8 Å². The minimum atomic E-state index is -0.172. The van der Waals surface area contributed by atoms with Gasteiger partial charge in [-0.1, -0.05) is 136 Å². The summed E-state index contributed by atoms with van der Waals surface area (Å²) >= 11 is 0. The maximum Gasteiger partial charge on any atom is 0.0708 e. The lowest BCUT2D eigenvalue weighted by atomic mass is 9.68. The van der Waals surface area contributed by atoms with Crippen LogP contribution in [0.3, 0.4) is 0 Å². The van der Waals surface area contributed by atoms with Crippen LogP contribution in [0.15, 0.2) is 146 Å². The molecule has 0 radical (unpaired) electrons. The lowest BCUT2D eigenvalue weighted by Gasteiger charge is -2.35. The Morgan fingerprint density at radius 3 is 1.80 bits per heavy atom. The van der Waals surface area contributed by atoms with Crippen molar-refractivity contribution in [2.45, 2.75) is 26.2 Å². The molecular weight excluding hydrogens is 556 g/mol. The minimum absolute atomic E-state index is 0.172. The third kappa shape index (κ3) is 4.25. The Kier molecular flexibility index (Phi) is 6.54. The standard InChI is InChI=1S/C44H34N2/c1-5-7-11-28(6-2)31-16-24-39(45-26-31)33-20-22-37-42-35(33)18-14-30-15-19-36-34(21-23-38(44(37,3)4)43(36)41(30)42)40-25-17-32(27-46-40)29-12-9-8-10-13-29/h5-27H,2H2,1,3-4H3/b7-5-,28-11+. The summed E-state index contributed by atoms with van der Waals surface area (Å²) < 4.78 is 0. The summed E-state index contributed by atoms with van der Waals surface area (Å²) in [7, 11) is 0. The second-order valence-electron chi connectivity index (χ2n) is 12.6. The first-order valence-electron chi connectivity index (χ1n) is 15.9. The third-order valence-electron chi connectivity index (χ3n) is 9.69. The molecule has 0 bridgehead atoms. The molecular formula is C44H34N2. The zero-order chi connectivity index (χ0) is 31.4. The fourth-order valence-electron chi connectivity index (χ4n) is 7.30. The van der Waals surface area contributed by atoms with Crippen LogP contribution >= 0.6 is 0 Å². The largest absolute Gasteiger partial charge is 0.256 e. The first-order chi connectivity index (χ1) is 22.5. The van der Waals surface area contributed by atoms with E-state index < -0.39 is 0 Å². The minimum Gasteiger partial charge on any atom is -0.256 e. The van der Waals surface area contributed by atoms with Crippen LogP contribution in [0.25, 0.3) is 71.5 Å². The van der Waals surface area contributed by atoms with Crippen LogP contribution in [0.2, 0.25) is 0 Å². The Morgan fingerprint density at radius 2 is 1.26 bits per heavy atom. The molecule has 1 aliphatic rings. The molecule has 46 heavy (non-hydrogen) atoms. The van der Waals surface area contributed by atoms with Crippen molar-refractivity contribution < 1.29 is 0 Å². The van der Waals surface area contributed by atoms with E-state index in [4.69, 9.17) is 9.97 Å². The number of pyridine rings is 2. The number of hydrogen-bond donors (Lipinski definition) is 0. The van der Waals surface area contributed by atoms with Gasteiger partial charge in [0.1, 0.15) is 0 Å². The molecule has 0 spiro atoms. The van der Waals surface area contributed by atoms with Crippen molar-refractivity contribution in [3.05, 3.63) is 163 Å². The molecule has 2 heterocycles. The van der Waals surface area contributed by atoms with E-state index in [1.807, 2.05) is 43.6 Å². The van der Waals surface area contributed by atoms with Gasteiger partial charge >= 0.3 is 0 Å². The predicted octanol–water partition coefficient (Wildman–Crippen LogP) is 11.7. The van der Waals surface area contributed by atoms with Crippen LogP contribution in [0.5, 0.6) is 0 Å². The lowest BCUT2D eigenvalue weighted by Crippen LogP contribution is -2.22. The molecule has 1 aliphatic carbocycles. The van der Waals surface area contributed by atoms with Crippen LogP contribution < -0.4 is 0 Å². The van der Waals surface area contributed by atoms with Crippen molar-refractivity contribution in [1.82, 2.24) is 9.97 Å². The molecule has 0 unspecified atom stereocenters. The smallest absolute Gasteiger partial charge is 0.0708 e. The van der Waals surface area contributed by atoms with Crippen molar-refractivity contribution in [2.24, 2.45) is 0 Å². The van der Waals surface area contributed by atoms with E-state index in [9.17, 15) is 0 Å². The molecule has 0 saturated heterocycles. The van der Waals surface area contributed by atoms with Crippen molar-refractivity contribution in [3.8, 4) is 33.6 Å². The molecule has 2 heteroatoms. The average molecular weight is 591 g/mol. The highest BCUT2D eigenvalue weighted by atomic mass is 14.7. The molecule has 0 aliphatic heterocycles. The van der Waals surface area contributed by atoms with E-state index in [0.717, 1.165) is 39.2 Å². The Labute approximate surface area is 270 Å². The van der Waals surface area contributed by atoms with Crippen LogP contribution in [-0.2, 0) is 5.41 Å². The summed E-state index contributed by atoms with van der Waals surface area (Å²) in [6, 6.07) is 37.4. The lowest BCUT2D eigenvalue weighted by molar-refractivity contribution is 0.652. The number of allylic oxidation sites excluding steroid dienone is 5. The maximum atomic E-state index is 4.97. The van der Waals surface area contributed by atoms with Gasteiger partial charge in [0.25, 0.3) is 0 Å². The summed E-state index contributed by atoms with van der Waals surface area (Å²) in [6.07, 6.45) is 11.9. The molecule has 0 fully saturated rings. The number of hydrogen-bond acceptors (Lipinski definition) is 2. The predicted molar refractivity (Wildman–Crippen MR) is 196 cm³/mol. The average Bonchev–Trinajstić information content (AvgIpc) is 3.11. The van der Waals surface area contributed by atoms with E-state index in [1.54, 1.807) is 0 Å². The van der Waals surface area contributed by atoms with Gasteiger partial charge in [-0.05, 0) is 73.6 Å². The van der Waals surface area contributed by atoms with Gasteiger partial charge in [-0.25, -0.2) is 0 Å². The Bertz CT molecular complexity index is 2370. The van der Waals surface area contributed by atoms with E-state index in [1.165, 1.54) is 49.0 Å². The first-order valence-corrected chi connectivity index (χ1v) is 15.9. The van der Waals surface area contributed by atoms with Crippen molar-refractivity contribution in [2.75, 3.05) is 0 Å². The molecule has 0 saturated carbocycles. The zero-order valence-electron chi connectivity index (χ0n) is 26.4. The fraction of sp³-hybridized carbons (Fsp3) is 0.0909. The summed E-state index contributed by atoms with van der Waals surface area (Å²) in [5.74, 6) is 0. The fourth-order valence-corrected chi connectivity index (χ4v) is 7.30. The van der Waals surface area contributed by atoms with Gasteiger partial charge in [0, 0.05) is 40.1 Å². The second kappa shape index (κ2) is 10.8.